The van der Waals surface area contributed by atoms with Gasteiger partial charge in [0.05, 0.1) is 18.6 Å². The summed E-state index contributed by atoms with van der Waals surface area (Å²) >= 11 is 0. The Morgan fingerprint density at radius 1 is 1.23 bits per heavy atom. The molecule has 1 aromatic carbocycles. The summed E-state index contributed by atoms with van der Waals surface area (Å²) in [4.78, 5) is 15.0. The van der Waals surface area contributed by atoms with Crippen molar-refractivity contribution in [3.05, 3.63) is 35.9 Å². The van der Waals surface area contributed by atoms with Gasteiger partial charge in [-0.25, -0.2) is 0 Å². The SMILES string of the molecule is CCOC(=O)C1CN(Cc2ccccc2)CCC1O[Si](C)(C)C(C)(C)C. The smallest absolute Gasteiger partial charge is 0.312 e. The predicted molar refractivity (Wildman–Crippen MR) is 109 cm³/mol. The number of rotatable bonds is 6. The van der Waals surface area contributed by atoms with E-state index in [2.05, 4.69) is 63.0 Å². The van der Waals surface area contributed by atoms with E-state index in [1.165, 1.54) is 5.56 Å². The van der Waals surface area contributed by atoms with Crippen molar-refractivity contribution in [2.45, 2.75) is 64.9 Å². The molecule has 2 atom stereocenters. The van der Waals surface area contributed by atoms with Gasteiger partial charge in [-0.3, -0.25) is 9.69 Å². The number of esters is 1. The first kappa shape index (κ1) is 21.1. The minimum Gasteiger partial charge on any atom is -0.466 e. The molecule has 4 nitrogen and oxygen atoms in total. The van der Waals surface area contributed by atoms with Gasteiger partial charge in [-0.05, 0) is 37.0 Å². The van der Waals surface area contributed by atoms with E-state index in [4.69, 9.17) is 9.16 Å². The zero-order valence-corrected chi connectivity index (χ0v) is 18.2. The van der Waals surface area contributed by atoms with Crippen LogP contribution in [0, 0.1) is 5.92 Å². The number of hydrogen-bond donors (Lipinski definition) is 0. The monoisotopic (exact) mass is 377 g/mol. The summed E-state index contributed by atoms with van der Waals surface area (Å²) in [5.74, 6) is -0.324. The molecule has 1 aliphatic heterocycles. The molecule has 1 fully saturated rings. The van der Waals surface area contributed by atoms with Crippen molar-refractivity contribution in [2.75, 3.05) is 19.7 Å². The quantitative estimate of drug-likeness (QED) is 0.542. The maximum atomic E-state index is 12.6. The van der Waals surface area contributed by atoms with E-state index < -0.39 is 8.32 Å². The Morgan fingerprint density at radius 3 is 2.46 bits per heavy atom. The zero-order valence-electron chi connectivity index (χ0n) is 17.2. The van der Waals surface area contributed by atoms with Crippen molar-refractivity contribution in [1.29, 1.82) is 0 Å². The first-order valence-electron chi connectivity index (χ1n) is 9.75. The lowest BCUT2D eigenvalue weighted by molar-refractivity contribution is -0.154. The maximum absolute atomic E-state index is 12.6. The number of carbonyl (C=O) groups is 1. The van der Waals surface area contributed by atoms with Crippen molar-refractivity contribution >= 4 is 14.3 Å². The standard InChI is InChI=1S/C21H35NO3Si/c1-7-24-20(23)18-16-22(15-17-11-9-8-10-12-17)14-13-19(18)25-26(5,6)21(2,3)4/h8-12,18-19H,7,13-16H2,1-6H3. The highest BCUT2D eigenvalue weighted by molar-refractivity contribution is 6.74. The second kappa shape index (κ2) is 8.68. The van der Waals surface area contributed by atoms with Gasteiger partial charge in [-0.2, -0.15) is 0 Å². The van der Waals surface area contributed by atoms with Crippen LogP contribution in [0.3, 0.4) is 0 Å². The fourth-order valence-corrected chi connectivity index (χ4v) is 4.55. The third-order valence-corrected chi connectivity index (χ3v) is 10.2. The van der Waals surface area contributed by atoms with Crippen LogP contribution in [0.5, 0.6) is 0 Å². The van der Waals surface area contributed by atoms with Crippen LogP contribution >= 0.6 is 0 Å². The van der Waals surface area contributed by atoms with Gasteiger partial charge in [0.25, 0.3) is 0 Å². The minimum atomic E-state index is -1.93. The fraction of sp³-hybridized carbons (Fsp3) is 0.667. The van der Waals surface area contributed by atoms with Gasteiger partial charge in [0.1, 0.15) is 0 Å². The Labute approximate surface area is 160 Å². The average molecular weight is 378 g/mol. The Hall–Kier alpha value is -1.17. The van der Waals surface area contributed by atoms with E-state index in [0.29, 0.717) is 13.2 Å². The molecule has 0 saturated carbocycles. The Balaban J connectivity index is 2.10. The highest BCUT2D eigenvalue weighted by Gasteiger charge is 2.44. The number of ether oxygens (including phenoxy) is 1. The molecule has 2 unspecified atom stereocenters. The number of likely N-dealkylation sites (tertiary alicyclic amines) is 1. The maximum Gasteiger partial charge on any atom is 0.312 e. The summed E-state index contributed by atoms with van der Waals surface area (Å²) in [7, 11) is -1.93. The van der Waals surface area contributed by atoms with Gasteiger partial charge in [0.15, 0.2) is 8.32 Å². The molecular formula is C21H35NO3Si. The molecule has 0 radical (unpaired) electrons. The highest BCUT2D eigenvalue weighted by Crippen LogP contribution is 2.39. The second-order valence-electron chi connectivity index (χ2n) is 8.78. The third-order valence-electron chi connectivity index (χ3n) is 5.72. The Morgan fingerprint density at radius 2 is 1.88 bits per heavy atom. The van der Waals surface area contributed by atoms with Crippen molar-refractivity contribution in [1.82, 2.24) is 4.90 Å². The summed E-state index contributed by atoms with van der Waals surface area (Å²) in [5.41, 5.74) is 1.28. The van der Waals surface area contributed by atoms with Crippen LogP contribution in [-0.4, -0.2) is 45.0 Å². The summed E-state index contributed by atoms with van der Waals surface area (Å²) in [5, 5.41) is 0.132. The average Bonchev–Trinajstić information content (AvgIpc) is 2.56. The highest BCUT2D eigenvalue weighted by atomic mass is 28.4. The first-order chi connectivity index (χ1) is 12.1. The molecule has 0 spiro atoms. The number of benzene rings is 1. The second-order valence-corrected chi connectivity index (χ2v) is 13.5. The lowest BCUT2D eigenvalue weighted by atomic mass is 9.94. The Bertz CT molecular complexity index is 583. The molecule has 1 aliphatic rings. The molecule has 146 valence electrons. The lowest BCUT2D eigenvalue weighted by Crippen LogP contribution is -2.53. The normalized spacial score (nSPS) is 22.2. The zero-order chi connectivity index (χ0) is 19.4. The van der Waals surface area contributed by atoms with Gasteiger partial charge in [0, 0.05) is 19.6 Å². The van der Waals surface area contributed by atoms with E-state index in [1.54, 1.807) is 0 Å². The Kier molecular flexibility index (Phi) is 7.05. The largest absolute Gasteiger partial charge is 0.466 e. The van der Waals surface area contributed by atoms with Gasteiger partial charge >= 0.3 is 5.97 Å². The minimum absolute atomic E-state index is 0.0398. The van der Waals surface area contributed by atoms with Gasteiger partial charge in [0.2, 0.25) is 0 Å². The molecule has 1 aromatic rings. The molecule has 0 aromatic heterocycles. The van der Waals surface area contributed by atoms with Crippen molar-refractivity contribution in [3.8, 4) is 0 Å². The molecule has 0 aliphatic carbocycles. The molecule has 0 N–H and O–H groups in total. The van der Waals surface area contributed by atoms with E-state index in [1.807, 2.05) is 13.0 Å². The molecule has 0 amide bonds. The molecule has 1 heterocycles. The van der Waals surface area contributed by atoms with Gasteiger partial charge < -0.3 is 9.16 Å². The van der Waals surface area contributed by atoms with E-state index in [0.717, 1.165) is 19.5 Å². The van der Waals surface area contributed by atoms with Crippen LogP contribution in [0.1, 0.15) is 39.7 Å². The lowest BCUT2D eigenvalue weighted by Gasteiger charge is -2.44. The third kappa shape index (κ3) is 5.41. The van der Waals surface area contributed by atoms with Crippen LogP contribution in [0.4, 0.5) is 0 Å². The molecule has 5 heteroatoms. The van der Waals surface area contributed by atoms with E-state index >= 15 is 0 Å². The van der Waals surface area contributed by atoms with Crippen LogP contribution < -0.4 is 0 Å². The summed E-state index contributed by atoms with van der Waals surface area (Å²) < 4.78 is 12.0. The van der Waals surface area contributed by atoms with Crippen LogP contribution in [-0.2, 0) is 20.5 Å². The summed E-state index contributed by atoms with van der Waals surface area (Å²) in [6, 6.07) is 10.4. The van der Waals surface area contributed by atoms with Crippen LogP contribution in [0.25, 0.3) is 0 Å². The van der Waals surface area contributed by atoms with Gasteiger partial charge in [-0.15, -0.1) is 0 Å². The van der Waals surface area contributed by atoms with E-state index in [9.17, 15) is 4.79 Å². The van der Waals surface area contributed by atoms with Crippen LogP contribution in [0.15, 0.2) is 30.3 Å². The van der Waals surface area contributed by atoms with Gasteiger partial charge in [-0.1, -0.05) is 51.1 Å². The van der Waals surface area contributed by atoms with Crippen molar-refractivity contribution in [3.63, 3.8) is 0 Å². The molecular weight excluding hydrogens is 342 g/mol. The fourth-order valence-electron chi connectivity index (χ4n) is 3.16. The molecule has 1 saturated heterocycles. The number of carbonyl (C=O) groups excluding carboxylic acids is 1. The van der Waals surface area contributed by atoms with Crippen LogP contribution in [0.2, 0.25) is 18.1 Å². The topological polar surface area (TPSA) is 38.8 Å². The molecule has 2 rings (SSSR count). The predicted octanol–water partition coefficient (Wildman–Crippen LogP) is 4.46. The summed E-state index contributed by atoms with van der Waals surface area (Å²) in [6.45, 7) is 16.0. The number of hydrogen-bond acceptors (Lipinski definition) is 4. The number of nitrogens with zero attached hydrogens (tertiary/aromatic N) is 1. The molecule has 0 bridgehead atoms. The van der Waals surface area contributed by atoms with Crippen molar-refractivity contribution < 1.29 is 14.0 Å². The van der Waals surface area contributed by atoms with E-state index in [-0.39, 0.29) is 23.0 Å². The van der Waals surface area contributed by atoms with Crippen molar-refractivity contribution in [2.24, 2.45) is 5.92 Å². The number of piperidine rings is 1. The first-order valence-corrected chi connectivity index (χ1v) is 12.7. The summed E-state index contributed by atoms with van der Waals surface area (Å²) in [6.07, 6.45) is 0.838. The molecule has 26 heavy (non-hydrogen) atoms.